The monoisotopic (exact) mass is 377 g/mol. The third-order valence-electron chi connectivity index (χ3n) is 5.88. The summed E-state index contributed by atoms with van der Waals surface area (Å²) in [5.41, 5.74) is -1.26. The van der Waals surface area contributed by atoms with Crippen LogP contribution in [0.3, 0.4) is 0 Å². The van der Waals surface area contributed by atoms with Crippen LogP contribution in [0.1, 0.15) is 51.4 Å². The second-order valence-corrected chi connectivity index (χ2v) is 7.67. The van der Waals surface area contributed by atoms with Crippen molar-refractivity contribution in [2.75, 3.05) is 6.54 Å². The van der Waals surface area contributed by atoms with Gasteiger partial charge in [-0.15, -0.1) is 0 Å². The molecule has 1 unspecified atom stereocenters. The van der Waals surface area contributed by atoms with E-state index in [1.54, 1.807) is 0 Å². The zero-order valence-electron chi connectivity index (χ0n) is 15.4. The molecule has 3 aliphatic rings. The number of rotatable bonds is 3. The van der Waals surface area contributed by atoms with Crippen molar-refractivity contribution in [3.8, 4) is 0 Å². The van der Waals surface area contributed by atoms with Crippen LogP contribution in [-0.2, 0) is 19.2 Å². The molecule has 8 heteroatoms. The third-order valence-corrected chi connectivity index (χ3v) is 5.88. The number of hydrogen-bond acceptors (Lipinski definition) is 4. The second kappa shape index (κ2) is 8.10. The highest BCUT2D eigenvalue weighted by Crippen LogP contribution is 2.45. The molecule has 4 atom stereocenters. The molecule has 1 saturated carbocycles. The molecular weight excluding hydrogens is 350 g/mol. The molecule has 0 spiro atoms. The van der Waals surface area contributed by atoms with Crippen molar-refractivity contribution < 1.29 is 24.3 Å². The van der Waals surface area contributed by atoms with Crippen LogP contribution in [0.2, 0.25) is 0 Å². The van der Waals surface area contributed by atoms with Crippen LogP contribution < -0.4 is 10.6 Å². The predicted octanol–water partition coefficient (Wildman–Crippen LogP) is 0.572. The van der Waals surface area contributed by atoms with Gasteiger partial charge in [0.15, 0.2) is 0 Å². The Bertz CT molecular complexity index is 649. The standard InChI is InChI=1S/C19H27N3O5/c23-12-20-14-8-5-3-1-2-4-7-13-11-19(13,18(26)27)21-16(24)15-9-6-10-22(15)17(14)25/h4,7,12-15H,1-3,5-6,8-11H2,(H,20,23)(H,21,24)(H,26,27)/b7-4-/t13?,14-,15-,19+/m0/s1. The number of amides is 3. The fourth-order valence-corrected chi connectivity index (χ4v) is 4.18. The molecule has 27 heavy (non-hydrogen) atoms. The maximum atomic E-state index is 12.9. The average molecular weight is 377 g/mol. The summed E-state index contributed by atoms with van der Waals surface area (Å²) in [5, 5.41) is 14.9. The minimum absolute atomic E-state index is 0.209. The Morgan fingerprint density at radius 3 is 2.81 bits per heavy atom. The highest BCUT2D eigenvalue weighted by atomic mass is 16.4. The highest BCUT2D eigenvalue weighted by Gasteiger charge is 2.61. The fourth-order valence-electron chi connectivity index (χ4n) is 4.18. The fraction of sp³-hybridized carbons (Fsp3) is 0.684. The summed E-state index contributed by atoms with van der Waals surface area (Å²) in [6.07, 6.45) is 9.98. The molecule has 3 amide bonds. The summed E-state index contributed by atoms with van der Waals surface area (Å²) in [6.45, 7) is 0.442. The molecule has 148 valence electrons. The molecule has 3 rings (SSSR count). The number of carbonyl (C=O) groups excluding carboxylic acids is 3. The first-order chi connectivity index (χ1) is 13.0. The lowest BCUT2D eigenvalue weighted by Crippen LogP contribution is -2.55. The summed E-state index contributed by atoms with van der Waals surface area (Å²) >= 11 is 0. The van der Waals surface area contributed by atoms with Gasteiger partial charge in [-0.3, -0.25) is 14.4 Å². The zero-order valence-corrected chi connectivity index (χ0v) is 15.4. The summed E-state index contributed by atoms with van der Waals surface area (Å²) < 4.78 is 0. The van der Waals surface area contributed by atoms with E-state index in [2.05, 4.69) is 10.6 Å². The van der Waals surface area contributed by atoms with Gasteiger partial charge in [-0.05, 0) is 38.5 Å². The van der Waals surface area contributed by atoms with Crippen molar-refractivity contribution in [2.24, 2.45) is 5.92 Å². The number of fused-ring (bicyclic) bond motifs is 2. The first kappa shape index (κ1) is 19.4. The normalized spacial score (nSPS) is 35.7. The van der Waals surface area contributed by atoms with Crippen LogP contribution in [0.5, 0.6) is 0 Å². The Morgan fingerprint density at radius 2 is 2.07 bits per heavy atom. The zero-order chi connectivity index (χ0) is 19.4. The Balaban J connectivity index is 1.82. The van der Waals surface area contributed by atoms with Crippen molar-refractivity contribution >= 4 is 24.2 Å². The van der Waals surface area contributed by atoms with E-state index in [4.69, 9.17) is 0 Å². The van der Waals surface area contributed by atoms with Gasteiger partial charge < -0.3 is 20.6 Å². The lowest BCUT2D eigenvalue weighted by Gasteiger charge is -2.29. The first-order valence-corrected chi connectivity index (χ1v) is 9.72. The molecule has 1 saturated heterocycles. The van der Waals surface area contributed by atoms with Crippen molar-refractivity contribution in [3.63, 3.8) is 0 Å². The van der Waals surface area contributed by atoms with Crippen molar-refractivity contribution in [1.82, 2.24) is 15.5 Å². The van der Waals surface area contributed by atoms with Gasteiger partial charge >= 0.3 is 5.97 Å². The number of carbonyl (C=O) groups is 4. The largest absolute Gasteiger partial charge is 0.479 e. The smallest absolute Gasteiger partial charge is 0.330 e. The summed E-state index contributed by atoms with van der Waals surface area (Å²) in [6, 6.07) is -1.32. The molecule has 0 aromatic rings. The van der Waals surface area contributed by atoms with Crippen LogP contribution in [0.4, 0.5) is 0 Å². The van der Waals surface area contributed by atoms with E-state index >= 15 is 0 Å². The molecule has 2 heterocycles. The van der Waals surface area contributed by atoms with Crippen LogP contribution in [-0.4, -0.2) is 58.4 Å². The van der Waals surface area contributed by atoms with Gasteiger partial charge in [0.25, 0.3) is 0 Å². The van der Waals surface area contributed by atoms with E-state index in [0.29, 0.717) is 38.6 Å². The molecule has 0 bridgehead atoms. The molecular formula is C19H27N3O5. The topological polar surface area (TPSA) is 116 Å². The van der Waals surface area contributed by atoms with E-state index in [9.17, 15) is 24.3 Å². The first-order valence-electron chi connectivity index (χ1n) is 9.72. The van der Waals surface area contributed by atoms with Gasteiger partial charge in [0.05, 0.1) is 0 Å². The number of nitrogens with zero attached hydrogens (tertiary/aromatic N) is 1. The summed E-state index contributed by atoms with van der Waals surface area (Å²) in [5.74, 6) is -1.92. The predicted molar refractivity (Wildman–Crippen MR) is 96.6 cm³/mol. The maximum absolute atomic E-state index is 12.9. The minimum atomic E-state index is -1.26. The molecule has 0 aromatic heterocycles. The Labute approximate surface area is 158 Å². The molecule has 3 N–H and O–H groups in total. The number of allylic oxidation sites excluding steroid dienone is 1. The quantitative estimate of drug-likeness (QED) is 0.491. The average Bonchev–Trinajstić information content (AvgIpc) is 3.11. The van der Waals surface area contributed by atoms with Gasteiger partial charge in [-0.2, -0.15) is 0 Å². The van der Waals surface area contributed by atoms with Gasteiger partial charge in [0, 0.05) is 12.5 Å². The van der Waals surface area contributed by atoms with Gasteiger partial charge in [-0.1, -0.05) is 25.0 Å². The summed E-state index contributed by atoms with van der Waals surface area (Å²) in [7, 11) is 0. The van der Waals surface area contributed by atoms with Gasteiger partial charge in [0.2, 0.25) is 18.2 Å². The van der Waals surface area contributed by atoms with Crippen molar-refractivity contribution in [2.45, 2.75) is 69.0 Å². The Kier molecular flexibility index (Phi) is 5.82. The van der Waals surface area contributed by atoms with E-state index in [1.807, 2.05) is 12.2 Å². The molecule has 0 aromatic carbocycles. The van der Waals surface area contributed by atoms with Crippen molar-refractivity contribution in [3.05, 3.63) is 12.2 Å². The van der Waals surface area contributed by atoms with E-state index in [-0.39, 0.29) is 11.8 Å². The number of hydrogen-bond donors (Lipinski definition) is 3. The molecule has 2 fully saturated rings. The number of carboxylic acid groups (broad SMARTS) is 1. The van der Waals surface area contributed by atoms with Crippen molar-refractivity contribution in [1.29, 1.82) is 0 Å². The van der Waals surface area contributed by atoms with Gasteiger partial charge in [0.1, 0.15) is 17.6 Å². The Morgan fingerprint density at radius 1 is 1.26 bits per heavy atom. The molecule has 0 radical (unpaired) electrons. The number of aliphatic carboxylic acids is 1. The van der Waals surface area contributed by atoms with E-state index in [1.165, 1.54) is 4.90 Å². The van der Waals surface area contributed by atoms with Gasteiger partial charge in [-0.25, -0.2) is 4.79 Å². The minimum Gasteiger partial charge on any atom is -0.479 e. The molecule has 2 aliphatic heterocycles. The summed E-state index contributed by atoms with van der Waals surface area (Å²) in [4.78, 5) is 49.9. The lowest BCUT2D eigenvalue weighted by atomic mass is 10.1. The number of carboxylic acids is 1. The van der Waals surface area contributed by atoms with E-state index in [0.717, 1.165) is 25.7 Å². The van der Waals surface area contributed by atoms with Crippen LogP contribution >= 0.6 is 0 Å². The Hall–Kier alpha value is -2.38. The molecule has 1 aliphatic carbocycles. The van der Waals surface area contributed by atoms with Crippen LogP contribution in [0.15, 0.2) is 12.2 Å². The number of nitrogens with one attached hydrogen (secondary N) is 2. The maximum Gasteiger partial charge on any atom is 0.330 e. The molecule has 8 nitrogen and oxygen atoms in total. The van der Waals surface area contributed by atoms with Crippen LogP contribution in [0, 0.1) is 5.92 Å². The SMILES string of the molecule is O=CN[C@H]1CCCCC/C=C\C2C[C@@]2(C(=O)O)NC(=O)[C@@H]2CCCN2C1=O. The van der Waals surface area contributed by atoms with Crippen LogP contribution in [0.25, 0.3) is 0 Å². The van der Waals surface area contributed by atoms with E-state index < -0.39 is 29.5 Å². The highest BCUT2D eigenvalue weighted by molar-refractivity contribution is 5.95. The third kappa shape index (κ3) is 3.99. The second-order valence-electron chi connectivity index (χ2n) is 7.67. The lowest BCUT2D eigenvalue weighted by molar-refractivity contribution is -0.146.